The van der Waals surface area contributed by atoms with E-state index in [1.165, 1.54) is 10.7 Å². The molecule has 0 atom stereocenters. The van der Waals surface area contributed by atoms with Gasteiger partial charge in [0.05, 0.1) is 11.1 Å². The summed E-state index contributed by atoms with van der Waals surface area (Å²) in [7, 11) is 0. The number of esters is 1. The zero-order chi connectivity index (χ0) is 15.7. The summed E-state index contributed by atoms with van der Waals surface area (Å²) in [6.45, 7) is 2.01. The highest BCUT2D eigenvalue weighted by atomic mass is 79.9. The number of ether oxygens (including phenoxy) is 1. The summed E-state index contributed by atoms with van der Waals surface area (Å²) in [4.78, 5) is 16.1. The van der Waals surface area contributed by atoms with Crippen LogP contribution in [0.3, 0.4) is 0 Å². The lowest BCUT2D eigenvalue weighted by Crippen LogP contribution is -2.12. The number of carbonyl (C=O) groups is 1. The Morgan fingerprint density at radius 3 is 2.77 bits per heavy atom. The van der Waals surface area contributed by atoms with Gasteiger partial charge in [0.25, 0.3) is 0 Å². The highest BCUT2D eigenvalue weighted by molar-refractivity contribution is 9.10. The fourth-order valence-corrected chi connectivity index (χ4v) is 2.70. The summed E-state index contributed by atoms with van der Waals surface area (Å²) in [5.41, 5.74) is 8.43. The van der Waals surface area contributed by atoms with E-state index < -0.39 is 5.97 Å². The number of rotatable bonds is 3. The number of benzene rings is 1. The van der Waals surface area contributed by atoms with Crippen molar-refractivity contribution < 1.29 is 9.53 Å². The van der Waals surface area contributed by atoms with Crippen LogP contribution in [0.15, 0.2) is 41.0 Å². The quantitative estimate of drug-likeness (QED) is 0.726. The second kappa shape index (κ2) is 5.76. The minimum atomic E-state index is -0.512. The third kappa shape index (κ3) is 2.33. The van der Waals surface area contributed by atoms with E-state index in [9.17, 15) is 4.79 Å². The van der Waals surface area contributed by atoms with E-state index in [2.05, 4.69) is 26.0 Å². The highest BCUT2D eigenvalue weighted by Crippen LogP contribution is 2.31. The molecule has 3 rings (SSSR count). The van der Waals surface area contributed by atoms with Crippen LogP contribution in [-0.2, 0) is 4.74 Å². The summed E-state index contributed by atoms with van der Waals surface area (Å²) >= 11 is 3.50. The summed E-state index contributed by atoms with van der Waals surface area (Å²) < 4.78 is 7.13. The lowest BCUT2D eigenvalue weighted by Gasteiger charge is -2.05. The van der Waals surface area contributed by atoms with Gasteiger partial charge >= 0.3 is 5.97 Å². The number of anilines is 1. The first-order valence-corrected chi connectivity index (χ1v) is 7.48. The second-order valence-electron chi connectivity index (χ2n) is 4.54. The Morgan fingerprint density at radius 2 is 2.09 bits per heavy atom. The van der Waals surface area contributed by atoms with Crippen molar-refractivity contribution in [2.24, 2.45) is 0 Å². The van der Waals surface area contributed by atoms with Crippen molar-refractivity contribution in [3.05, 3.63) is 46.6 Å². The van der Waals surface area contributed by atoms with E-state index in [1.807, 2.05) is 30.3 Å². The molecule has 0 bridgehead atoms. The maximum atomic E-state index is 11.9. The van der Waals surface area contributed by atoms with Crippen molar-refractivity contribution in [1.82, 2.24) is 14.6 Å². The van der Waals surface area contributed by atoms with Gasteiger partial charge in [0.1, 0.15) is 17.1 Å². The van der Waals surface area contributed by atoms with E-state index in [0.29, 0.717) is 11.3 Å². The highest BCUT2D eigenvalue weighted by Gasteiger charge is 2.20. The van der Waals surface area contributed by atoms with Gasteiger partial charge in [0, 0.05) is 11.8 Å². The molecular weight excluding hydrogens is 348 g/mol. The van der Waals surface area contributed by atoms with Gasteiger partial charge in [-0.25, -0.2) is 9.78 Å². The van der Waals surface area contributed by atoms with Crippen LogP contribution in [0.4, 0.5) is 5.82 Å². The second-order valence-corrected chi connectivity index (χ2v) is 5.33. The Morgan fingerprint density at radius 1 is 1.36 bits per heavy atom. The first-order valence-electron chi connectivity index (χ1n) is 6.68. The molecular formula is C15H13BrN4O2. The Kier molecular flexibility index (Phi) is 3.81. The van der Waals surface area contributed by atoms with Crippen LogP contribution in [-0.4, -0.2) is 27.2 Å². The number of carbonyl (C=O) groups excluding carboxylic acids is 1. The summed E-state index contributed by atoms with van der Waals surface area (Å²) in [5, 5.41) is 4.46. The van der Waals surface area contributed by atoms with Crippen molar-refractivity contribution in [2.45, 2.75) is 6.92 Å². The maximum absolute atomic E-state index is 11.9. The molecule has 2 aromatic heterocycles. The maximum Gasteiger partial charge on any atom is 0.343 e. The van der Waals surface area contributed by atoms with E-state index in [4.69, 9.17) is 10.5 Å². The molecule has 3 aromatic rings. The molecule has 0 unspecified atom stereocenters. The van der Waals surface area contributed by atoms with E-state index in [0.717, 1.165) is 10.0 Å². The number of hydrogen-bond acceptors (Lipinski definition) is 5. The largest absolute Gasteiger partial charge is 0.462 e. The minimum Gasteiger partial charge on any atom is -0.462 e. The van der Waals surface area contributed by atoms with Crippen LogP contribution in [0.1, 0.15) is 17.3 Å². The van der Waals surface area contributed by atoms with Gasteiger partial charge in [0.15, 0.2) is 5.65 Å². The van der Waals surface area contributed by atoms with Crippen molar-refractivity contribution in [1.29, 1.82) is 0 Å². The van der Waals surface area contributed by atoms with Gasteiger partial charge in [-0.05, 0) is 22.9 Å². The average molecular weight is 361 g/mol. The molecule has 0 radical (unpaired) electrons. The van der Waals surface area contributed by atoms with Gasteiger partial charge in [-0.15, -0.1) is 0 Å². The van der Waals surface area contributed by atoms with Crippen LogP contribution < -0.4 is 5.73 Å². The molecule has 0 aliphatic carbocycles. The number of nitrogens with two attached hydrogens (primary N) is 1. The summed E-state index contributed by atoms with van der Waals surface area (Å²) in [6, 6.07) is 9.65. The number of halogens is 1. The van der Waals surface area contributed by atoms with Crippen LogP contribution in [0.5, 0.6) is 0 Å². The third-order valence-corrected chi connectivity index (χ3v) is 3.90. The lowest BCUT2D eigenvalue weighted by molar-refractivity contribution is 0.0526. The number of hydrogen-bond donors (Lipinski definition) is 1. The number of aromatic nitrogens is 3. The zero-order valence-electron chi connectivity index (χ0n) is 11.8. The fraction of sp³-hybridized carbons (Fsp3) is 0.133. The molecule has 2 heterocycles. The number of nitrogen functional groups attached to an aromatic ring is 1. The fourth-order valence-electron chi connectivity index (χ4n) is 2.12. The molecule has 0 spiro atoms. The van der Waals surface area contributed by atoms with E-state index in [1.54, 1.807) is 6.92 Å². The average Bonchev–Trinajstić information content (AvgIpc) is 2.87. The van der Waals surface area contributed by atoms with Gasteiger partial charge in [0.2, 0.25) is 0 Å². The molecule has 22 heavy (non-hydrogen) atoms. The Labute approximate surface area is 135 Å². The first kappa shape index (κ1) is 14.5. The summed E-state index contributed by atoms with van der Waals surface area (Å²) in [6.07, 6.45) is 1.41. The van der Waals surface area contributed by atoms with Crippen LogP contribution >= 0.6 is 15.9 Å². The molecule has 2 N–H and O–H groups in total. The Hall–Kier alpha value is -2.41. The first-order chi connectivity index (χ1) is 10.6. The molecule has 0 fully saturated rings. The topological polar surface area (TPSA) is 82.5 Å². The number of nitrogens with zero attached hydrogens (tertiary/aromatic N) is 3. The lowest BCUT2D eigenvalue weighted by atomic mass is 10.2. The van der Waals surface area contributed by atoms with E-state index >= 15 is 0 Å². The van der Waals surface area contributed by atoms with Gasteiger partial charge in [-0.2, -0.15) is 9.61 Å². The normalized spacial score (nSPS) is 10.8. The summed E-state index contributed by atoms with van der Waals surface area (Å²) in [5.74, 6) is -0.311. The Bertz CT molecular complexity index is 846. The number of fused-ring (bicyclic) bond motifs is 1. The predicted octanol–water partition coefficient (Wildman–Crippen LogP) is 2.92. The van der Waals surface area contributed by atoms with Crippen LogP contribution in [0.25, 0.3) is 16.9 Å². The molecule has 7 heteroatoms. The molecule has 6 nitrogen and oxygen atoms in total. The third-order valence-electron chi connectivity index (χ3n) is 3.17. The van der Waals surface area contributed by atoms with Crippen LogP contribution in [0.2, 0.25) is 0 Å². The van der Waals surface area contributed by atoms with Crippen molar-refractivity contribution in [3.63, 3.8) is 0 Å². The van der Waals surface area contributed by atoms with Gasteiger partial charge in [-0.3, -0.25) is 0 Å². The Balaban J connectivity index is 2.18. The molecule has 0 saturated heterocycles. The van der Waals surface area contributed by atoms with Crippen molar-refractivity contribution >= 4 is 33.4 Å². The molecule has 1 aromatic carbocycles. The smallest absolute Gasteiger partial charge is 0.343 e. The molecule has 112 valence electrons. The standard InChI is InChI=1S/C15H13BrN4O2/c1-2-22-15(21)10-8-18-14-11(16)12(19-20(14)13(10)17)9-6-4-3-5-7-9/h3-8H,2,17H2,1H3. The van der Waals surface area contributed by atoms with E-state index in [-0.39, 0.29) is 18.0 Å². The van der Waals surface area contributed by atoms with Gasteiger partial charge in [-0.1, -0.05) is 30.3 Å². The predicted molar refractivity (Wildman–Crippen MR) is 86.5 cm³/mol. The van der Waals surface area contributed by atoms with Crippen molar-refractivity contribution in [2.75, 3.05) is 12.3 Å². The monoisotopic (exact) mass is 360 g/mol. The minimum absolute atomic E-state index is 0.198. The molecule has 0 aliphatic heterocycles. The molecule has 0 aliphatic rings. The zero-order valence-corrected chi connectivity index (χ0v) is 13.4. The molecule has 0 amide bonds. The van der Waals surface area contributed by atoms with Crippen molar-refractivity contribution in [3.8, 4) is 11.3 Å². The van der Waals surface area contributed by atoms with Gasteiger partial charge < -0.3 is 10.5 Å². The molecule has 0 saturated carbocycles. The SMILES string of the molecule is CCOC(=O)c1cnc2c(Br)c(-c3ccccc3)nn2c1N. The van der Waals surface area contributed by atoms with Crippen LogP contribution in [0, 0.1) is 0 Å².